The van der Waals surface area contributed by atoms with Gasteiger partial charge in [-0.05, 0) is 67.7 Å². The van der Waals surface area contributed by atoms with Gasteiger partial charge in [-0.15, -0.1) is 0 Å². The average Bonchev–Trinajstić information content (AvgIpc) is 3.22. The Morgan fingerprint density at radius 3 is 2.16 bits per heavy atom. The number of carbonyl (C=O) groups excluding carboxylic acids is 1. The first-order chi connectivity index (χ1) is 17.1. The van der Waals surface area contributed by atoms with E-state index in [1.54, 1.807) is 12.1 Å². The number of carbonyl (C=O) groups is 2. The lowest BCUT2D eigenvalue weighted by Gasteiger charge is -2.31. The molecular weight excluding hydrogens is 530 g/mol. The topological polar surface area (TPSA) is 75.4 Å². The molecule has 0 bridgehead atoms. The van der Waals surface area contributed by atoms with Gasteiger partial charge in [0.25, 0.3) is 5.91 Å². The Bertz CT molecular complexity index is 1130. The molecule has 204 valence electrons. The van der Waals surface area contributed by atoms with Crippen LogP contribution in [0, 0.1) is 18.3 Å². The molecule has 1 aromatic heterocycles. The first kappa shape index (κ1) is 29.3. The van der Waals surface area contributed by atoms with Crippen LogP contribution in [-0.4, -0.2) is 44.8 Å². The number of hydrogen-bond donors (Lipinski definition) is 1. The Morgan fingerprint density at radius 2 is 1.68 bits per heavy atom. The fourth-order valence-corrected chi connectivity index (χ4v) is 5.64. The monoisotopic (exact) mass is 561 g/mol. The van der Waals surface area contributed by atoms with Gasteiger partial charge in [-0.1, -0.05) is 44.0 Å². The lowest BCUT2D eigenvalue weighted by molar-refractivity contribution is -0.147. The number of carboxylic acids is 1. The van der Waals surface area contributed by atoms with Crippen molar-refractivity contribution < 1.29 is 27.9 Å². The van der Waals surface area contributed by atoms with Gasteiger partial charge in [-0.3, -0.25) is 14.3 Å². The standard InChI is InChI=1S/C26H32Cl2F3N3O3/c1-15-11-20(27)18(21(28)12-15)9-10-33(14-25(2,3)4)23(35)19-13-32-34(22(19)26(29,30)31)17-7-5-16(6-8-17)24(36)37/h11-13,16-17H,5-10,14H2,1-4H3,(H,36,37)/t16-,17+. The Labute approximate surface area is 224 Å². The summed E-state index contributed by atoms with van der Waals surface area (Å²) in [5, 5.41) is 14.1. The number of aliphatic carboxylic acids is 1. The van der Waals surface area contributed by atoms with Crippen LogP contribution < -0.4 is 0 Å². The Balaban J connectivity index is 1.93. The Hall–Kier alpha value is -2.26. The highest BCUT2D eigenvalue weighted by Crippen LogP contribution is 2.39. The molecule has 6 nitrogen and oxygen atoms in total. The van der Waals surface area contributed by atoms with Crippen molar-refractivity contribution in [2.24, 2.45) is 11.3 Å². The maximum atomic E-state index is 14.3. The van der Waals surface area contributed by atoms with Gasteiger partial charge >= 0.3 is 12.1 Å². The number of aryl methyl sites for hydroxylation is 1. The van der Waals surface area contributed by atoms with E-state index in [1.807, 2.05) is 27.7 Å². The zero-order valence-corrected chi connectivity index (χ0v) is 22.8. The van der Waals surface area contributed by atoms with Crippen LogP contribution >= 0.6 is 23.2 Å². The summed E-state index contributed by atoms with van der Waals surface area (Å²) in [5.41, 5.74) is -0.497. The summed E-state index contributed by atoms with van der Waals surface area (Å²) in [4.78, 5) is 26.3. The van der Waals surface area contributed by atoms with Crippen LogP contribution in [0.3, 0.4) is 0 Å². The molecule has 1 aromatic carbocycles. The second-order valence-electron chi connectivity index (χ2n) is 10.9. The minimum absolute atomic E-state index is 0.116. The van der Waals surface area contributed by atoms with E-state index in [1.165, 1.54) is 4.90 Å². The molecule has 1 amide bonds. The Morgan fingerprint density at radius 1 is 1.11 bits per heavy atom. The van der Waals surface area contributed by atoms with Crippen LogP contribution in [0.5, 0.6) is 0 Å². The first-order valence-corrected chi connectivity index (χ1v) is 13.0. The molecule has 1 fully saturated rings. The summed E-state index contributed by atoms with van der Waals surface area (Å²) in [6, 6.07) is 2.88. The second-order valence-corrected chi connectivity index (χ2v) is 11.8. The van der Waals surface area contributed by atoms with Crippen LogP contribution in [0.25, 0.3) is 0 Å². The van der Waals surface area contributed by atoms with Gasteiger partial charge in [-0.2, -0.15) is 18.3 Å². The third-order valence-electron chi connectivity index (χ3n) is 6.56. The molecule has 1 N–H and O–H groups in total. The number of alkyl halides is 3. The minimum Gasteiger partial charge on any atom is -0.481 e. The smallest absolute Gasteiger partial charge is 0.433 e. The molecule has 0 saturated heterocycles. The van der Waals surface area contributed by atoms with Crippen molar-refractivity contribution in [3.8, 4) is 0 Å². The fraction of sp³-hybridized carbons (Fsp3) is 0.577. The lowest BCUT2D eigenvalue weighted by atomic mass is 9.86. The van der Waals surface area contributed by atoms with E-state index in [4.69, 9.17) is 23.2 Å². The summed E-state index contributed by atoms with van der Waals surface area (Å²) in [7, 11) is 0. The van der Waals surface area contributed by atoms with E-state index < -0.39 is 41.3 Å². The number of nitrogens with zero attached hydrogens (tertiary/aromatic N) is 3. The number of rotatable bonds is 7. The predicted octanol–water partition coefficient (Wildman–Crippen LogP) is 7.06. The molecule has 37 heavy (non-hydrogen) atoms. The molecule has 0 spiro atoms. The number of carboxylic acid groups (broad SMARTS) is 1. The molecule has 11 heteroatoms. The van der Waals surface area contributed by atoms with Gasteiger partial charge in [0.2, 0.25) is 0 Å². The summed E-state index contributed by atoms with van der Waals surface area (Å²) in [6.45, 7) is 7.86. The molecule has 1 aliphatic carbocycles. The van der Waals surface area contributed by atoms with E-state index in [-0.39, 0.29) is 50.6 Å². The zero-order valence-electron chi connectivity index (χ0n) is 21.3. The summed E-state index contributed by atoms with van der Waals surface area (Å²) < 4.78 is 43.8. The first-order valence-electron chi connectivity index (χ1n) is 12.2. The van der Waals surface area contributed by atoms with Crippen LogP contribution in [0.2, 0.25) is 10.0 Å². The van der Waals surface area contributed by atoms with Gasteiger partial charge < -0.3 is 10.0 Å². The summed E-state index contributed by atoms with van der Waals surface area (Å²) in [5.74, 6) is -2.30. The second kappa shape index (κ2) is 11.2. The molecule has 1 saturated carbocycles. The molecule has 0 radical (unpaired) electrons. The molecule has 1 heterocycles. The number of aromatic nitrogens is 2. The SMILES string of the molecule is Cc1cc(Cl)c(CCN(CC(C)(C)C)C(=O)c2cnn([C@H]3CC[C@@H](C(=O)O)CC3)c2C(F)(F)F)c(Cl)c1. The van der Waals surface area contributed by atoms with E-state index in [0.29, 0.717) is 15.6 Å². The molecule has 0 aliphatic heterocycles. The highest BCUT2D eigenvalue weighted by atomic mass is 35.5. The summed E-state index contributed by atoms with van der Waals surface area (Å²) in [6.07, 6.45) is -2.56. The highest BCUT2D eigenvalue weighted by molar-refractivity contribution is 6.36. The van der Waals surface area contributed by atoms with E-state index in [0.717, 1.165) is 16.4 Å². The maximum Gasteiger partial charge on any atom is 0.433 e. The minimum atomic E-state index is -4.82. The van der Waals surface area contributed by atoms with Crippen molar-refractivity contribution in [3.05, 3.63) is 50.8 Å². The van der Waals surface area contributed by atoms with E-state index in [9.17, 15) is 27.9 Å². The average molecular weight is 562 g/mol. The normalized spacial score (nSPS) is 18.6. The van der Waals surface area contributed by atoms with Crippen molar-refractivity contribution in [2.45, 2.75) is 72.0 Å². The van der Waals surface area contributed by atoms with Gasteiger partial charge in [-0.25, -0.2) is 0 Å². The van der Waals surface area contributed by atoms with Crippen LogP contribution in [0.15, 0.2) is 18.3 Å². The third-order valence-corrected chi connectivity index (χ3v) is 7.23. The van der Waals surface area contributed by atoms with Gasteiger partial charge in [0, 0.05) is 23.1 Å². The van der Waals surface area contributed by atoms with Crippen molar-refractivity contribution in [2.75, 3.05) is 13.1 Å². The molecule has 0 atom stereocenters. The van der Waals surface area contributed by atoms with Crippen LogP contribution in [0.1, 0.15) is 79.7 Å². The number of hydrogen-bond acceptors (Lipinski definition) is 3. The van der Waals surface area contributed by atoms with Crippen LogP contribution in [0.4, 0.5) is 13.2 Å². The number of halogens is 5. The van der Waals surface area contributed by atoms with Gasteiger partial charge in [0.1, 0.15) is 0 Å². The van der Waals surface area contributed by atoms with Crippen molar-refractivity contribution in [1.82, 2.24) is 14.7 Å². The highest BCUT2D eigenvalue weighted by Gasteiger charge is 2.43. The Kier molecular flexibility index (Phi) is 8.90. The van der Waals surface area contributed by atoms with Gasteiger partial charge in [0.05, 0.1) is 23.7 Å². The summed E-state index contributed by atoms with van der Waals surface area (Å²) >= 11 is 12.7. The molecule has 1 aliphatic rings. The largest absolute Gasteiger partial charge is 0.481 e. The quantitative estimate of drug-likeness (QED) is 0.392. The van der Waals surface area contributed by atoms with E-state index >= 15 is 0 Å². The van der Waals surface area contributed by atoms with Gasteiger partial charge in [0.15, 0.2) is 5.69 Å². The van der Waals surface area contributed by atoms with E-state index in [2.05, 4.69) is 5.10 Å². The predicted molar refractivity (Wildman–Crippen MR) is 136 cm³/mol. The van der Waals surface area contributed by atoms with Crippen molar-refractivity contribution >= 4 is 35.1 Å². The molecule has 0 unspecified atom stereocenters. The number of amides is 1. The molecule has 3 rings (SSSR count). The molecule has 2 aromatic rings. The van der Waals surface area contributed by atoms with Crippen molar-refractivity contribution in [1.29, 1.82) is 0 Å². The van der Waals surface area contributed by atoms with Crippen molar-refractivity contribution in [3.63, 3.8) is 0 Å². The van der Waals surface area contributed by atoms with Crippen LogP contribution in [-0.2, 0) is 17.4 Å². The maximum absolute atomic E-state index is 14.3. The number of benzene rings is 1. The third kappa shape index (κ3) is 7.19. The lowest BCUT2D eigenvalue weighted by Crippen LogP contribution is -2.40. The zero-order chi connectivity index (χ0) is 27.7. The fourth-order valence-electron chi connectivity index (χ4n) is 4.86. The molecular formula is C26H32Cl2F3N3O3.